The molecule has 0 aliphatic carbocycles. The minimum absolute atomic E-state index is 0.352. The largest absolute Gasteiger partial charge is 0.496 e. The van der Waals surface area contributed by atoms with Gasteiger partial charge in [0.1, 0.15) is 11.9 Å². The maximum atomic E-state index is 11.3. The van der Waals surface area contributed by atoms with E-state index in [9.17, 15) is 4.79 Å². The van der Waals surface area contributed by atoms with Crippen LogP contribution >= 0.6 is 0 Å². The fraction of sp³-hybridized carbons (Fsp3) is 0.500. The lowest BCUT2D eigenvalue weighted by atomic mass is 10.0. The van der Waals surface area contributed by atoms with Crippen LogP contribution in [-0.2, 0) is 11.3 Å². The molecule has 1 aromatic rings. The van der Waals surface area contributed by atoms with E-state index < -0.39 is 6.10 Å². The number of hydrogen-bond acceptors (Lipinski definition) is 3. The summed E-state index contributed by atoms with van der Waals surface area (Å²) >= 11 is 0. The van der Waals surface area contributed by atoms with E-state index in [1.54, 1.807) is 7.11 Å². The number of hydrogen-bond donors (Lipinski definition) is 2. The minimum atomic E-state index is -0.995. The summed E-state index contributed by atoms with van der Waals surface area (Å²) in [6, 6.07) is 5.95. The van der Waals surface area contributed by atoms with Gasteiger partial charge in [0.25, 0.3) is 0 Å². The third kappa shape index (κ3) is 3.74. The number of carbonyl (C=O) groups is 1. The molecule has 0 spiro atoms. The summed E-state index contributed by atoms with van der Waals surface area (Å²) in [7, 11) is 1.61. The van der Waals surface area contributed by atoms with Crippen molar-refractivity contribution < 1.29 is 14.6 Å². The molecular formula is C14H21NO3. The number of methoxy groups -OCH3 is 1. The van der Waals surface area contributed by atoms with Crippen LogP contribution in [0.3, 0.4) is 0 Å². The molecule has 18 heavy (non-hydrogen) atoms. The highest BCUT2D eigenvalue weighted by Gasteiger charge is 2.11. The second-order valence-electron chi connectivity index (χ2n) is 4.62. The molecular weight excluding hydrogens is 230 g/mol. The molecule has 0 aromatic heterocycles. The molecule has 0 heterocycles. The molecule has 0 saturated carbocycles. The highest BCUT2D eigenvalue weighted by molar-refractivity contribution is 5.80. The van der Waals surface area contributed by atoms with E-state index >= 15 is 0 Å². The molecule has 1 atom stereocenters. The van der Waals surface area contributed by atoms with Crippen molar-refractivity contribution in [2.45, 2.75) is 39.3 Å². The monoisotopic (exact) mass is 251 g/mol. The molecule has 1 rings (SSSR count). The van der Waals surface area contributed by atoms with Crippen LogP contribution in [-0.4, -0.2) is 24.2 Å². The standard InChI is InChI=1S/C14H21NO3/c1-9(2)11-5-6-12(13(7-11)18-4)8-15-14(17)10(3)16/h5-7,9-10,16H,8H2,1-4H3,(H,15,17). The van der Waals surface area contributed by atoms with Crippen molar-refractivity contribution in [2.75, 3.05) is 7.11 Å². The van der Waals surface area contributed by atoms with Gasteiger partial charge < -0.3 is 15.2 Å². The van der Waals surface area contributed by atoms with E-state index in [4.69, 9.17) is 9.84 Å². The molecule has 2 N–H and O–H groups in total. The van der Waals surface area contributed by atoms with Gasteiger partial charge in [0.05, 0.1) is 7.11 Å². The molecule has 0 fully saturated rings. The molecule has 0 bridgehead atoms. The molecule has 1 aromatic carbocycles. The lowest BCUT2D eigenvalue weighted by Gasteiger charge is -2.13. The molecule has 0 radical (unpaired) electrons. The van der Waals surface area contributed by atoms with Crippen LogP contribution in [0.4, 0.5) is 0 Å². The molecule has 1 unspecified atom stereocenters. The fourth-order valence-corrected chi connectivity index (χ4v) is 1.60. The zero-order valence-corrected chi connectivity index (χ0v) is 11.4. The number of aliphatic hydroxyl groups excluding tert-OH is 1. The highest BCUT2D eigenvalue weighted by Crippen LogP contribution is 2.24. The van der Waals surface area contributed by atoms with E-state index in [0.717, 1.165) is 11.3 Å². The average molecular weight is 251 g/mol. The van der Waals surface area contributed by atoms with Crippen molar-refractivity contribution >= 4 is 5.91 Å². The Morgan fingerprint density at radius 3 is 2.56 bits per heavy atom. The molecule has 0 saturated heterocycles. The quantitative estimate of drug-likeness (QED) is 0.839. The third-order valence-electron chi connectivity index (χ3n) is 2.81. The summed E-state index contributed by atoms with van der Waals surface area (Å²) in [6.07, 6.45) is -0.995. The second-order valence-corrected chi connectivity index (χ2v) is 4.62. The Labute approximate surface area is 108 Å². The Balaban J connectivity index is 2.80. The minimum Gasteiger partial charge on any atom is -0.496 e. The smallest absolute Gasteiger partial charge is 0.248 e. The van der Waals surface area contributed by atoms with Gasteiger partial charge in [0, 0.05) is 12.1 Å². The van der Waals surface area contributed by atoms with Crippen molar-refractivity contribution in [2.24, 2.45) is 0 Å². The van der Waals surface area contributed by atoms with Gasteiger partial charge in [-0.1, -0.05) is 26.0 Å². The predicted molar refractivity (Wildman–Crippen MR) is 70.6 cm³/mol. The summed E-state index contributed by atoms with van der Waals surface area (Å²) in [5.74, 6) is 0.803. The van der Waals surface area contributed by atoms with E-state index in [1.807, 2.05) is 18.2 Å². The zero-order chi connectivity index (χ0) is 13.7. The first kappa shape index (κ1) is 14.5. The lowest BCUT2D eigenvalue weighted by molar-refractivity contribution is -0.128. The van der Waals surface area contributed by atoms with Crippen molar-refractivity contribution in [3.8, 4) is 5.75 Å². The van der Waals surface area contributed by atoms with Gasteiger partial charge in [-0.05, 0) is 24.5 Å². The van der Waals surface area contributed by atoms with Gasteiger partial charge in [0.2, 0.25) is 5.91 Å². The highest BCUT2D eigenvalue weighted by atomic mass is 16.5. The predicted octanol–water partition coefficient (Wildman–Crippen LogP) is 1.82. The maximum Gasteiger partial charge on any atom is 0.248 e. The SMILES string of the molecule is COc1cc(C(C)C)ccc1CNC(=O)C(C)O. The number of benzene rings is 1. The van der Waals surface area contributed by atoms with Crippen LogP contribution in [0.1, 0.15) is 37.8 Å². The Hall–Kier alpha value is -1.55. The molecule has 0 aliphatic rings. The Morgan fingerprint density at radius 2 is 2.06 bits per heavy atom. The van der Waals surface area contributed by atoms with Crippen LogP contribution in [0.15, 0.2) is 18.2 Å². The maximum absolute atomic E-state index is 11.3. The first-order valence-corrected chi connectivity index (χ1v) is 6.08. The molecule has 1 amide bonds. The van der Waals surface area contributed by atoms with E-state index in [1.165, 1.54) is 12.5 Å². The van der Waals surface area contributed by atoms with Crippen LogP contribution in [0.25, 0.3) is 0 Å². The van der Waals surface area contributed by atoms with Crippen molar-refractivity contribution in [1.29, 1.82) is 0 Å². The summed E-state index contributed by atoms with van der Waals surface area (Å²) in [6.45, 7) is 6.02. The van der Waals surface area contributed by atoms with Gasteiger partial charge in [-0.2, -0.15) is 0 Å². The van der Waals surface area contributed by atoms with E-state index in [0.29, 0.717) is 12.5 Å². The van der Waals surface area contributed by atoms with Crippen LogP contribution in [0, 0.1) is 0 Å². The van der Waals surface area contributed by atoms with Crippen molar-refractivity contribution in [3.05, 3.63) is 29.3 Å². The van der Waals surface area contributed by atoms with E-state index in [2.05, 4.69) is 19.2 Å². The van der Waals surface area contributed by atoms with Crippen LogP contribution in [0.2, 0.25) is 0 Å². The Bertz CT molecular complexity index is 414. The first-order chi connectivity index (χ1) is 8.45. The van der Waals surface area contributed by atoms with Crippen molar-refractivity contribution in [3.63, 3.8) is 0 Å². The first-order valence-electron chi connectivity index (χ1n) is 6.08. The van der Waals surface area contributed by atoms with Crippen LogP contribution in [0.5, 0.6) is 5.75 Å². The van der Waals surface area contributed by atoms with Gasteiger partial charge in [-0.15, -0.1) is 0 Å². The second kappa shape index (κ2) is 6.40. The third-order valence-corrected chi connectivity index (χ3v) is 2.81. The molecule has 100 valence electrons. The Kier molecular flexibility index (Phi) is 5.16. The molecule has 4 heteroatoms. The van der Waals surface area contributed by atoms with Crippen LogP contribution < -0.4 is 10.1 Å². The number of nitrogens with one attached hydrogen (secondary N) is 1. The number of carbonyl (C=O) groups excluding carboxylic acids is 1. The van der Waals surface area contributed by atoms with E-state index in [-0.39, 0.29) is 5.91 Å². The number of rotatable bonds is 5. The van der Waals surface area contributed by atoms with Gasteiger partial charge in [-0.3, -0.25) is 4.79 Å². The number of aliphatic hydroxyl groups is 1. The topological polar surface area (TPSA) is 58.6 Å². The van der Waals surface area contributed by atoms with Gasteiger partial charge in [0.15, 0.2) is 0 Å². The summed E-state index contributed by atoms with van der Waals surface area (Å²) in [5.41, 5.74) is 2.09. The summed E-state index contributed by atoms with van der Waals surface area (Å²) < 4.78 is 5.32. The normalized spacial score (nSPS) is 12.3. The zero-order valence-electron chi connectivity index (χ0n) is 11.4. The Morgan fingerprint density at radius 1 is 1.39 bits per heavy atom. The average Bonchev–Trinajstić information content (AvgIpc) is 2.35. The fourth-order valence-electron chi connectivity index (χ4n) is 1.60. The van der Waals surface area contributed by atoms with Gasteiger partial charge >= 0.3 is 0 Å². The summed E-state index contributed by atoms with van der Waals surface area (Å²) in [5, 5.41) is 11.8. The summed E-state index contributed by atoms with van der Waals surface area (Å²) in [4.78, 5) is 11.3. The molecule has 0 aliphatic heterocycles. The number of ether oxygens (including phenoxy) is 1. The molecule has 4 nitrogen and oxygen atoms in total. The lowest BCUT2D eigenvalue weighted by Crippen LogP contribution is -2.32. The number of amides is 1. The van der Waals surface area contributed by atoms with Crippen molar-refractivity contribution in [1.82, 2.24) is 5.32 Å². The van der Waals surface area contributed by atoms with Gasteiger partial charge in [-0.25, -0.2) is 0 Å².